The number of aryl methyl sites for hydroxylation is 4. The molecule has 2 aromatic heterocycles. The molecular formula is C10H16N4. The molecule has 0 aliphatic heterocycles. The lowest BCUT2D eigenvalue weighted by Gasteiger charge is -1.79. The van der Waals surface area contributed by atoms with Crippen molar-refractivity contribution in [2.24, 2.45) is 0 Å². The molecule has 4 nitrogen and oxygen atoms in total. The fourth-order valence-electron chi connectivity index (χ4n) is 0.854. The molecule has 0 amide bonds. The maximum atomic E-state index is 3.96. The first-order valence-corrected chi connectivity index (χ1v) is 4.54. The summed E-state index contributed by atoms with van der Waals surface area (Å²) in [6.45, 7) is 7.96. The first kappa shape index (κ1) is 10.5. The number of hydrogen-bond acceptors (Lipinski definition) is 2. The van der Waals surface area contributed by atoms with Gasteiger partial charge in [0.2, 0.25) is 0 Å². The lowest BCUT2D eigenvalue weighted by molar-refractivity contribution is 1.22. The van der Waals surface area contributed by atoms with E-state index in [1.165, 1.54) is 0 Å². The molecule has 4 heteroatoms. The molecule has 0 aliphatic rings. The molecule has 2 aromatic rings. The number of aromatic nitrogens is 4. The Morgan fingerprint density at radius 1 is 0.786 bits per heavy atom. The minimum absolute atomic E-state index is 1.08. The van der Waals surface area contributed by atoms with Gasteiger partial charge in [-0.3, -0.25) is 0 Å². The molecular weight excluding hydrogens is 176 g/mol. The van der Waals surface area contributed by atoms with Gasteiger partial charge in [0.1, 0.15) is 0 Å². The van der Waals surface area contributed by atoms with E-state index < -0.39 is 0 Å². The van der Waals surface area contributed by atoms with Gasteiger partial charge in [0.25, 0.3) is 0 Å². The molecule has 0 spiro atoms. The maximum Gasteiger partial charge on any atom is 0.0925 e. The van der Waals surface area contributed by atoms with E-state index in [0.717, 1.165) is 22.8 Å². The number of nitrogens with one attached hydrogen (secondary N) is 2. The van der Waals surface area contributed by atoms with Crippen molar-refractivity contribution in [2.75, 3.05) is 0 Å². The monoisotopic (exact) mass is 192 g/mol. The summed E-state index contributed by atoms with van der Waals surface area (Å²) >= 11 is 0. The summed E-state index contributed by atoms with van der Waals surface area (Å²) in [7, 11) is 0. The molecule has 0 fully saturated rings. The standard InChI is InChI=1S/2C5H8N2/c2*1-4-5(2)7-3-6-4/h2*3H,1-2H3,(H,6,7). The summed E-state index contributed by atoms with van der Waals surface area (Å²) in [5.41, 5.74) is 4.47. The first-order valence-electron chi connectivity index (χ1n) is 4.54. The van der Waals surface area contributed by atoms with E-state index in [2.05, 4.69) is 19.9 Å². The Kier molecular flexibility index (Phi) is 3.45. The van der Waals surface area contributed by atoms with Crippen LogP contribution in [0.1, 0.15) is 22.8 Å². The minimum Gasteiger partial charge on any atom is -0.348 e. The van der Waals surface area contributed by atoms with Crippen LogP contribution in [0.15, 0.2) is 12.7 Å². The number of hydrogen-bond donors (Lipinski definition) is 2. The largest absolute Gasteiger partial charge is 0.348 e. The highest BCUT2D eigenvalue weighted by Crippen LogP contribution is 1.94. The Hall–Kier alpha value is -1.58. The van der Waals surface area contributed by atoms with E-state index in [9.17, 15) is 0 Å². The van der Waals surface area contributed by atoms with Gasteiger partial charge in [-0.25, -0.2) is 9.97 Å². The van der Waals surface area contributed by atoms with Gasteiger partial charge in [-0.2, -0.15) is 0 Å². The van der Waals surface area contributed by atoms with Gasteiger partial charge in [-0.1, -0.05) is 0 Å². The van der Waals surface area contributed by atoms with Crippen molar-refractivity contribution < 1.29 is 0 Å². The van der Waals surface area contributed by atoms with Crippen LogP contribution in [0.3, 0.4) is 0 Å². The van der Waals surface area contributed by atoms with Gasteiger partial charge in [0.15, 0.2) is 0 Å². The summed E-state index contributed by atoms with van der Waals surface area (Å²) in [6.07, 6.45) is 3.40. The molecule has 14 heavy (non-hydrogen) atoms. The zero-order chi connectivity index (χ0) is 10.6. The molecule has 2 heterocycles. The highest BCUT2D eigenvalue weighted by atomic mass is 14.9. The van der Waals surface area contributed by atoms with Crippen LogP contribution < -0.4 is 0 Å². The highest BCUT2D eigenvalue weighted by molar-refractivity contribution is 5.05. The second-order valence-electron chi connectivity index (χ2n) is 3.23. The molecule has 0 radical (unpaired) electrons. The van der Waals surface area contributed by atoms with Crippen LogP contribution in [0.4, 0.5) is 0 Å². The molecule has 0 saturated heterocycles. The van der Waals surface area contributed by atoms with Crippen LogP contribution in [0, 0.1) is 27.7 Å². The molecule has 0 unspecified atom stereocenters. The predicted molar refractivity (Wildman–Crippen MR) is 56.1 cm³/mol. The van der Waals surface area contributed by atoms with Crippen molar-refractivity contribution in [3.05, 3.63) is 35.4 Å². The first-order chi connectivity index (χ1) is 6.61. The van der Waals surface area contributed by atoms with Crippen LogP contribution in [0.5, 0.6) is 0 Å². The summed E-state index contributed by atoms with van der Waals surface area (Å²) in [4.78, 5) is 13.8. The quantitative estimate of drug-likeness (QED) is 0.671. The summed E-state index contributed by atoms with van der Waals surface area (Å²) < 4.78 is 0. The number of imidazole rings is 2. The number of H-pyrrole nitrogens is 2. The fourth-order valence-corrected chi connectivity index (χ4v) is 0.854. The Bertz CT molecular complexity index is 315. The Morgan fingerprint density at radius 2 is 1.14 bits per heavy atom. The highest BCUT2D eigenvalue weighted by Gasteiger charge is 1.88. The van der Waals surface area contributed by atoms with Crippen molar-refractivity contribution in [3.63, 3.8) is 0 Å². The lowest BCUT2D eigenvalue weighted by Crippen LogP contribution is -1.71. The molecule has 0 saturated carbocycles. The average Bonchev–Trinajstić information content (AvgIpc) is 2.67. The van der Waals surface area contributed by atoms with E-state index >= 15 is 0 Å². The van der Waals surface area contributed by atoms with E-state index in [4.69, 9.17) is 0 Å². The van der Waals surface area contributed by atoms with Crippen LogP contribution in [-0.4, -0.2) is 19.9 Å². The number of rotatable bonds is 0. The smallest absolute Gasteiger partial charge is 0.0925 e. The predicted octanol–water partition coefficient (Wildman–Crippen LogP) is 2.05. The van der Waals surface area contributed by atoms with E-state index in [-0.39, 0.29) is 0 Å². The second kappa shape index (κ2) is 4.60. The van der Waals surface area contributed by atoms with Crippen LogP contribution in [0.2, 0.25) is 0 Å². The lowest BCUT2D eigenvalue weighted by atomic mass is 10.4. The number of nitrogens with zero attached hydrogens (tertiary/aromatic N) is 2. The maximum absolute atomic E-state index is 3.96. The summed E-state index contributed by atoms with van der Waals surface area (Å²) in [5.74, 6) is 0. The van der Waals surface area contributed by atoms with E-state index in [1.807, 2.05) is 27.7 Å². The molecule has 2 rings (SSSR count). The number of aromatic amines is 2. The van der Waals surface area contributed by atoms with E-state index in [0.29, 0.717) is 0 Å². The van der Waals surface area contributed by atoms with Crippen molar-refractivity contribution in [2.45, 2.75) is 27.7 Å². The van der Waals surface area contributed by atoms with Crippen molar-refractivity contribution >= 4 is 0 Å². The van der Waals surface area contributed by atoms with Gasteiger partial charge in [0.05, 0.1) is 24.0 Å². The van der Waals surface area contributed by atoms with Crippen LogP contribution in [0.25, 0.3) is 0 Å². The van der Waals surface area contributed by atoms with Crippen molar-refractivity contribution in [1.29, 1.82) is 0 Å². The topological polar surface area (TPSA) is 57.4 Å². The zero-order valence-corrected chi connectivity index (χ0v) is 9.05. The SMILES string of the molecule is Cc1nc[nH]c1C.Cc1nc[nH]c1C. The van der Waals surface area contributed by atoms with Crippen molar-refractivity contribution in [3.8, 4) is 0 Å². The molecule has 0 atom stereocenters. The molecule has 0 aliphatic carbocycles. The normalized spacial score (nSPS) is 9.43. The van der Waals surface area contributed by atoms with Gasteiger partial charge in [0, 0.05) is 11.4 Å². The van der Waals surface area contributed by atoms with E-state index in [1.54, 1.807) is 12.7 Å². The Morgan fingerprint density at radius 3 is 1.21 bits per heavy atom. The van der Waals surface area contributed by atoms with Gasteiger partial charge in [-0.05, 0) is 27.7 Å². The molecule has 2 N–H and O–H groups in total. The van der Waals surface area contributed by atoms with Gasteiger partial charge >= 0.3 is 0 Å². The fraction of sp³-hybridized carbons (Fsp3) is 0.400. The summed E-state index contributed by atoms with van der Waals surface area (Å²) in [6, 6.07) is 0. The van der Waals surface area contributed by atoms with Gasteiger partial charge < -0.3 is 9.97 Å². The third-order valence-electron chi connectivity index (χ3n) is 2.16. The summed E-state index contributed by atoms with van der Waals surface area (Å²) in [5, 5.41) is 0. The van der Waals surface area contributed by atoms with Crippen LogP contribution >= 0.6 is 0 Å². The molecule has 0 aromatic carbocycles. The third kappa shape index (κ3) is 2.73. The third-order valence-corrected chi connectivity index (χ3v) is 2.16. The Balaban J connectivity index is 0.000000140. The minimum atomic E-state index is 1.08. The second-order valence-corrected chi connectivity index (χ2v) is 3.23. The van der Waals surface area contributed by atoms with Crippen LogP contribution in [-0.2, 0) is 0 Å². The molecule has 76 valence electrons. The van der Waals surface area contributed by atoms with Gasteiger partial charge in [-0.15, -0.1) is 0 Å². The van der Waals surface area contributed by atoms with Crippen molar-refractivity contribution in [1.82, 2.24) is 19.9 Å². The molecule has 0 bridgehead atoms. The average molecular weight is 192 g/mol. The Labute approximate surface area is 83.8 Å². The zero-order valence-electron chi connectivity index (χ0n) is 9.05.